The number of nitrogens with zero attached hydrogens (tertiary/aromatic N) is 2. The number of benzene rings is 2. The summed E-state index contributed by atoms with van der Waals surface area (Å²) in [5, 5.41) is 3.28. The summed E-state index contributed by atoms with van der Waals surface area (Å²) < 4.78 is 6.43. The molecule has 0 spiro atoms. The summed E-state index contributed by atoms with van der Waals surface area (Å²) in [6.07, 6.45) is 0. The van der Waals surface area contributed by atoms with Crippen LogP contribution in [-0.4, -0.2) is 28.8 Å². The molecule has 0 fully saturated rings. The maximum absolute atomic E-state index is 12.5. The zero-order valence-corrected chi connectivity index (χ0v) is 16.8. The van der Waals surface area contributed by atoms with Crippen molar-refractivity contribution in [2.75, 3.05) is 30.1 Å². The SMILES string of the molecule is COc1ccc(NC(=S)N(C)c2c(N)n(Cc3ccccc3)c(=O)[nH]c2=O)cc1. The number of anilines is 3. The molecular formula is C20H21N5O3S. The zero-order chi connectivity index (χ0) is 21.0. The van der Waals surface area contributed by atoms with Crippen molar-refractivity contribution in [1.82, 2.24) is 9.55 Å². The monoisotopic (exact) mass is 411 g/mol. The van der Waals surface area contributed by atoms with E-state index in [1.807, 2.05) is 30.3 Å². The first-order valence-electron chi connectivity index (χ1n) is 8.76. The van der Waals surface area contributed by atoms with Crippen LogP contribution in [0.1, 0.15) is 5.56 Å². The van der Waals surface area contributed by atoms with Gasteiger partial charge in [0, 0.05) is 12.7 Å². The fraction of sp³-hybridized carbons (Fsp3) is 0.150. The summed E-state index contributed by atoms with van der Waals surface area (Å²) in [6.45, 7) is 0.224. The average Bonchev–Trinajstić information content (AvgIpc) is 2.72. The number of rotatable bonds is 5. The molecule has 0 atom stereocenters. The molecule has 8 nitrogen and oxygen atoms in total. The van der Waals surface area contributed by atoms with Gasteiger partial charge in [0.15, 0.2) is 10.8 Å². The minimum atomic E-state index is -0.613. The van der Waals surface area contributed by atoms with Crippen molar-refractivity contribution in [3.05, 3.63) is 81.0 Å². The smallest absolute Gasteiger partial charge is 0.330 e. The van der Waals surface area contributed by atoms with E-state index in [0.717, 1.165) is 11.3 Å². The molecule has 3 rings (SSSR count). The molecule has 0 aliphatic carbocycles. The van der Waals surface area contributed by atoms with Gasteiger partial charge in [0.25, 0.3) is 5.56 Å². The number of hydrogen-bond acceptors (Lipinski definition) is 5. The van der Waals surface area contributed by atoms with Crippen LogP contribution in [0.25, 0.3) is 0 Å². The van der Waals surface area contributed by atoms with Crippen LogP contribution in [0.4, 0.5) is 17.2 Å². The van der Waals surface area contributed by atoms with E-state index in [-0.39, 0.29) is 23.2 Å². The normalized spacial score (nSPS) is 10.4. The van der Waals surface area contributed by atoms with Crippen molar-refractivity contribution in [2.24, 2.45) is 0 Å². The van der Waals surface area contributed by atoms with E-state index < -0.39 is 11.2 Å². The Bertz CT molecular complexity index is 1120. The highest BCUT2D eigenvalue weighted by Gasteiger charge is 2.19. The van der Waals surface area contributed by atoms with Crippen LogP contribution in [-0.2, 0) is 6.54 Å². The standard InChI is InChI=1S/C20H21N5O3S/c1-24(20(29)22-14-8-10-15(28-2)11-9-14)16-17(21)25(19(27)23-18(16)26)12-13-6-4-3-5-7-13/h3-11H,12,21H2,1-2H3,(H,22,29)(H,23,26,27). The molecule has 0 saturated heterocycles. The summed E-state index contributed by atoms with van der Waals surface area (Å²) in [5.41, 5.74) is 6.69. The van der Waals surface area contributed by atoms with Crippen LogP contribution in [0.15, 0.2) is 64.2 Å². The Kier molecular flexibility index (Phi) is 5.99. The predicted molar refractivity (Wildman–Crippen MR) is 119 cm³/mol. The van der Waals surface area contributed by atoms with Gasteiger partial charge in [0.1, 0.15) is 11.6 Å². The highest BCUT2D eigenvalue weighted by atomic mass is 32.1. The van der Waals surface area contributed by atoms with E-state index in [9.17, 15) is 9.59 Å². The zero-order valence-electron chi connectivity index (χ0n) is 16.0. The van der Waals surface area contributed by atoms with Crippen LogP contribution in [0.2, 0.25) is 0 Å². The van der Waals surface area contributed by atoms with Gasteiger partial charge in [-0.3, -0.25) is 14.3 Å². The minimum absolute atomic E-state index is 0.0315. The number of methoxy groups -OCH3 is 1. The number of hydrogen-bond donors (Lipinski definition) is 3. The van der Waals surface area contributed by atoms with Gasteiger partial charge in [-0.05, 0) is 42.0 Å². The topological polar surface area (TPSA) is 105 Å². The molecule has 4 N–H and O–H groups in total. The van der Waals surface area contributed by atoms with Crippen molar-refractivity contribution < 1.29 is 4.74 Å². The van der Waals surface area contributed by atoms with Crippen molar-refractivity contribution in [2.45, 2.75) is 6.54 Å². The van der Waals surface area contributed by atoms with Crippen molar-refractivity contribution >= 4 is 34.5 Å². The second-order valence-electron chi connectivity index (χ2n) is 6.28. The largest absolute Gasteiger partial charge is 0.497 e. The van der Waals surface area contributed by atoms with E-state index in [4.69, 9.17) is 22.7 Å². The number of ether oxygens (including phenoxy) is 1. The molecule has 1 aromatic heterocycles. The fourth-order valence-electron chi connectivity index (χ4n) is 2.81. The Hall–Kier alpha value is -3.59. The molecule has 0 aliphatic rings. The minimum Gasteiger partial charge on any atom is -0.497 e. The van der Waals surface area contributed by atoms with Gasteiger partial charge >= 0.3 is 5.69 Å². The van der Waals surface area contributed by atoms with E-state index in [0.29, 0.717) is 5.75 Å². The summed E-state index contributed by atoms with van der Waals surface area (Å²) in [4.78, 5) is 28.5. The lowest BCUT2D eigenvalue weighted by Gasteiger charge is -2.23. The van der Waals surface area contributed by atoms with Gasteiger partial charge in [-0.15, -0.1) is 0 Å². The van der Waals surface area contributed by atoms with E-state index in [2.05, 4.69) is 10.3 Å². The lowest BCUT2D eigenvalue weighted by Crippen LogP contribution is -2.40. The Labute approximate surface area is 172 Å². The first-order chi connectivity index (χ1) is 13.9. The fourth-order valence-corrected chi connectivity index (χ4v) is 3.02. The quantitative estimate of drug-likeness (QED) is 0.552. The lowest BCUT2D eigenvalue weighted by atomic mass is 10.2. The summed E-state index contributed by atoms with van der Waals surface area (Å²) in [5.74, 6) is 0.743. The highest BCUT2D eigenvalue weighted by molar-refractivity contribution is 7.80. The van der Waals surface area contributed by atoms with Crippen LogP contribution < -0.4 is 31.9 Å². The van der Waals surface area contributed by atoms with E-state index in [1.165, 1.54) is 9.47 Å². The molecular weight excluding hydrogens is 390 g/mol. The van der Waals surface area contributed by atoms with Gasteiger partial charge in [-0.2, -0.15) is 0 Å². The third kappa shape index (κ3) is 4.46. The Morgan fingerprint density at radius 3 is 2.45 bits per heavy atom. The number of thiocarbonyl (C=S) groups is 1. The first kappa shape index (κ1) is 20.2. The average molecular weight is 411 g/mol. The summed E-state index contributed by atoms with van der Waals surface area (Å²) >= 11 is 5.41. The van der Waals surface area contributed by atoms with Gasteiger partial charge in [0.05, 0.1) is 13.7 Å². The molecule has 150 valence electrons. The number of nitrogens with two attached hydrogens (primary N) is 1. The Morgan fingerprint density at radius 1 is 1.17 bits per heavy atom. The second-order valence-corrected chi connectivity index (χ2v) is 6.67. The Balaban J connectivity index is 1.90. The predicted octanol–water partition coefficient (Wildman–Crippen LogP) is 2.01. The molecule has 3 aromatic rings. The van der Waals surface area contributed by atoms with E-state index >= 15 is 0 Å². The van der Waals surface area contributed by atoms with Crippen molar-refractivity contribution in [1.29, 1.82) is 0 Å². The van der Waals surface area contributed by atoms with Gasteiger partial charge in [0.2, 0.25) is 0 Å². The molecule has 2 aromatic carbocycles. The molecule has 0 bridgehead atoms. The Morgan fingerprint density at radius 2 is 1.83 bits per heavy atom. The van der Waals surface area contributed by atoms with Crippen molar-refractivity contribution in [3.8, 4) is 5.75 Å². The third-order valence-corrected chi connectivity index (χ3v) is 4.75. The molecule has 1 heterocycles. The number of aromatic nitrogens is 2. The number of aromatic amines is 1. The van der Waals surface area contributed by atoms with Crippen LogP contribution in [0.5, 0.6) is 5.75 Å². The van der Waals surface area contributed by atoms with Crippen molar-refractivity contribution in [3.63, 3.8) is 0 Å². The van der Waals surface area contributed by atoms with Gasteiger partial charge < -0.3 is 20.7 Å². The maximum atomic E-state index is 12.5. The second kappa shape index (κ2) is 8.61. The molecule has 0 saturated carbocycles. The number of nitrogen functional groups attached to an aromatic ring is 1. The molecule has 0 unspecified atom stereocenters. The lowest BCUT2D eigenvalue weighted by molar-refractivity contribution is 0.415. The highest BCUT2D eigenvalue weighted by Crippen LogP contribution is 2.19. The summed E-state index contributed by atoms with van der Waals surface area (Å²) in [7, 11) is 3.19. The van der Waals surface area contributed by atoms with Crippen LogP contribution in [0, 0.1) is 0 Å². The molecule has 0 amide bonds. The van der Waals surface area contributed by atoms with Crippen LogP contribution in [0.3, 0.4) is 0 Å². The van der Waals surface area contributed by atoms with Gasteiger partial charge in [-0.1, -0.05) is 30.3 Å². The molecule has 0 aliphatic heterocycles. The first-order valence-corrected chi connectivity index (χ1v) is 9.17. The molecule has 0 radical (unpaired) electrons. The van der Waals surface area contributed by atoms with Crippen LogP contribution >= 0.6 is 12.2 Å². The molecule has 29 heavy (non-hydrogen) atoms. The summed E-state index contributed by atoms with van der Waals surface area (Å²) in [6, 6.07) is 16.5. The third-order valence-electron chi connectivity index (χ3n) is 4.38. The van der Waals surface area contributed by atoms with E-state index in [1.54, 1.807) is 38.4 Å². The molecule has 9 heteroatoms. The maximum Gasteiger partial charge on any atom is 0.330 e. The number of nitrogens with one attached hydrogen (secondary N) is 2. The van der Waals surface area contributed by atoms with Gasteiger partial charge in [-0.25, -0.2) is 4.79 Å². The number of H-pyrrole nitrogens is 1.